The van der Waals surface area contributed by atoms with Crippen LogP contribution >= 0.6 is 0 Å². The zero-order valence-corrected chi connectivity index (χ0v) is 10.9. The van der Waals surface area contributed by atoms with Crippen molar-refractivity contribution in [1.29, 1.82) is 0 Å². The number of carbonyl (C=O) groups is 1. The number of amides is 1. The normalized spacial score (nSPS) is 23.1. The summed E-state index contributed by atoms with van der Waals surface area (Å²) in [6, 6.07) is 2.06. The lowest BCUT2D eigenvalue weighted by atomic mass is 9.89. The third kappa shape index (κ3) is 2.39. The van der Waals surface area contributed by atoms with Crippen molar-refractivity contribution in [3.63, 3.8) is 0 Å². The Balaban J connectivity index is 2.14. The van der Waals surface area contributed by atoms with E-state index in [-0.39, 0.29) is 5.91 Å². The SMILES string of the molecule is CCNc1cncc(N2CCC(C)(C(N)=O)C2)c1. The van der Waals surface area contributed by atoms with Crippen molar-refractivity contribution in [2.75, 3.05) is 29.9 Å². The van der Waals surface area contributed by atoms with E-state index in [0.29, 0.717) is 6.54 Å². The highest BCUT2D eigenvalue weighted by Gasteiger charge is 2.38. The summed E-state index contributed by atoms with van der Waals surface area (Å²) in [6.07, 6.45) is 4.43. The number of anilines is 2. The van der Waals surface area contributed by atoms with Crippen LogP contribution < -0.4 is 16.0 Å². The van der Waals surface area contributed by atoms with Crippen molar-refractivity contribution < 1.29 is 4.79 Å². The van der Waals surface area contributed by atoms with Crippen LogP contribution in [-0.2, 0) is 4.79 Å². The van der Waals surface area contributed by atoms with Gasteiger partial charge in [0.25, 0.3) is 0 Å². The topological polar surface area (TPSA) is 71.2 Å². The number of hydrogen-bond acceptors (Lipinski definition) is 4. The Hall–Kier alpha value is -1.78. The summed E-state index contributed by atoms with van der Waals surface area (Å²) >= 11 is 0. The van der Waals surface area contributed by atoms with Crippen LogP contribution in [0.2, 0.25) is 0 Å². The van der Waals surface area contributed by atoms with Crippen molar-refractivity contribution in [3.05, 3.63) is 18.5 Å². The molecule has 5 nitrogen and oxygen atoms in total. The van der Waals surface area contributed by atoms with E-state index in [2.05, 4.69) is 21.3 Å². The highest BCUT2D eigenvalue weighted by Crippen LogP contribution is 2.33. The van der Waals surface area contributed by atoms with Crippen LogP contribution in [0.15, 0.2) is 18.5 Å². The van der Waals surface area contributed by atoms with Crippen LogP contribution in [0, 0.1) is 5.41 Å². The minimum absolute atomic E-state index is 0.221. The Bertz CT molecular complexity index is 448. The number of nitrogens with one attached hydrogen (secondary N) is 1. The molecule has 1 unspecified atom stereocenters. The minimum Gasteiger partial charge on any atom is -0.384 e. The van der Waals surface area contributed by atoms with Gasteiger partial charge in [-0.1, -0.05) is 0 Å². The summed E-state index contributed by atoms with van der Waals surface area (Å²) in [7, 11) is 0. The smallest absolute Gasteiger partial charge is 0.225 e. The number of aromatic nitrogens is 1. The Kier molecular flexibility index (Phi) is 3.41. The van der Waals surface area contributed by atoms with Gasteiger partial charge in [0.1, 0.15) is 0 Å². The maximum atomic E-state index is 11.4. The fourth-order valence-electron chi connectivity index (χ4n) is 2.28. The highest BCUT2D eigenvalue weighted by atomic mass is 16.1. The maximum Gasteiger partial charge on any atom is 0.225 e. The lowest BCUT2D eigenvalue weighted by molar-refractivity contribution is -0.125. The quantitative estimate of drug-likeness (QED) is 0.840. The molecule has 1 aromatic rings. The molecule has 2 rings (SSSR count). The molecule has 0 aliphatic carbocycles. The van der Waals surface area contributed by atoms with Crippen molar-refractivity contribution in [1.82, 2.24) is 4.98 Å². The summed E-state index contributed by atoms with van der Waals surface area (Å²) in [5.74, 6) is -0.221. The van der Waals surface area contributed by atoms with Gasteiger partial charge in [0.05, 0.1) is 29.2 Å². The molecular formula is C13H20N4O. The molecule has 3 N–H and O–H groups in total. The number of pyridine rings is 1. The first-order valence-electron chi connectivity index (χ1n) is 6.29. The van der Waals surface area contributed by atoms with E-state index in [1.54, 1.807) is 6.20 Å². The molecule has 1 aromatic heterocycles. The molecular weight excluding hydrogens is 228 g/mol. The van der Waals surface area contributed by atoms with Crippen LogP contribution in [0.4, 0.5) is 11.4 Å². The van der Waals surface area contributed by atoms with E-state index >= 15 is 0 Å². The van der Waals surface area contributed by atoms with Crippen LogP contribution in [0.25, 0.3) is 0 Å². The standard InChI is InChI=1S/C13H20N4O/c1-3-16-10-6-11(8-15-7-10)17-5-4-13(2,9-17)12(14)18/h6-8,16H,3-5,9H2,1-2H3,(H2,14,18). The molecule has 0 bridgehead atoms. The summed E-state index contributed by atoms with van der Waals surface area (Å²) < 4.78 is 0. The number of nitrogens with zero attached hydrogens (tertiary/aromatic N) is 2. The first kappa shape index (κ1) is 12.7. The predicted molar refractivity (Wildman–Crippen MR) is 72.5 cm³/mol. The van der Waals surface area contributed by atoms with Gasteiger partial charge in [-0.05, 0) is 26.3 Å². The highest BCUT2D eigenvalue weighted by molar-refractivity contribution is 5.82. The maximum absolute atomic E-state index is 11.4. The second-order valence-electron chi connectivity index (χ2n) is 5.06. The molecule has 0 saturated carbocycles. The third-order valence-electron chi connectivity index (χ3n) is 3.54. The monoisotopic (exact) mass is 248 g/mol. The molecule has 1 aliphatic heterocycles. The average Bonchev–Trinajstić information content (AvgIpc) is 2.74. The first-order chi connectivity index (χ1) is 8.55. The largest absolute Gasteiger partial charge is 0.384 e. The van der Waals surface area contributed by atoms with Gasteiger partial charge in [0.15, 0.2) is 0 Å². The summed E-state index contributed by atoms with van der Waals surface area (Å²) in [5, 5.41) is 3.23. The van der Waals surface area contributed by atoms with Gasteiger partial charge in [0, 0.05) is 19.6 Å². The molecule has 1 atom stereocenters. The molecule has 5 heteroatoms. The average molecular weight is 248 g/mol. The van der Waals surface area contributed by atoms with Gasteiger partial charge < -0.3 is 16.0 Å². The van der Waals surface area contributed by atoms with Gasteiger partial charge >= 0.3 is 0 Å². The second-order valence-corrected chi connectivity index (χ2v) is 5.06. The minimum atomic E-state index is -0.422. The van der Waals surface area contributed by atoms with Crippen molar-refractivity contribution in [2.45, 2.75) is 20.3 Å². The van der Waals surface area contributed by atoms with Crippen LogP contribution in [0.3, 0.4) is 0 Å². The molecule has 18 heavy (non-hydrogen) atoms. The number of primary amides is 1. The first-order valence-corrected chi connectivity index (χ1v) is 6.29. The third-order valence-corrected chi connectivity index (χ3v) is 3.54. The van der Waals surface area contributed by atoms with Gasteiger partial charge in [-0.25, -0.2) is 0 Å². The molecule has 1 aliphatic rings. The van der Waals surface area contributed by atoms with Crippen molar-refractivity contribution in [2.24, 2.45) is 11.1 Å². The number of hydrogen-bond donors (Lipinski definition) is 2. The van der Waals surface area contributed by atoms with Gasteiger partial charge in [-0.15, -0.1) is 0 Å². The Labute approximate surface area is 107 Å². The van der Waals surface area contributed by atoms with E-state index < -0.39 is 5.41 Å². The Morgan fingerprint density at radius 2 is 2.39 bits per heavy atom. The van der Waals surface area contributed by atoms with Gasteiger partial charge in [0.2, 0.25) is 5.91 Å². The summed E-state index contributed by atoms with van der Waals surface area (Å²) in [4.78, 5) is 17.8. The van der Waals surface area contributed by atoms with E-state index in [4.69, 9.17) is 5.73 Å². The lowest BCUT2D eigenvalue weighted by Crippen LogP contribution is -2.37. The molecule has 0 radical (unpaired) electrons. The number of nitrogens with two attached hydrogens (primary N) is 1. The predicted octanol–water partition coefficient (Wildman–Crippen LogP) is 1.22. The molecule has 98 valence electrons. The number of rotatable bonds is 4. The molecule has 2 heterocycles. The van der Waals surface area contributed by atoms with Crippen molar-refractivity contribution in [3.8, 4) is 0 Å². The second kappa shape index (κ2) is 4.84. The zero-order valence-electron chi connectivity index (χ0n) is 10.9. The van der Waals surface area contributed by atoms with Crippen molar-refractivity contribution >= 4 is 17.3 Å². The van der Waals surface area contributed by atoms with E-state index in [1.807, 2.05) is 20.0 Å². The van der Waals surface area contributed by atoms with E-state index in [9.17, 15) is 4.79 Å². The molecule has 1 amide bonds. The lowest BCUT2D eigenvalue weighted by Gasteiger charge is -2.22. The van der Waals surface area contributed by atoms with Crippen LogP contribution in [-0.4, -0.2) is 30.5 Å². The fraction of sp³-hybridized carbons (Fsp3) is 0.538. The summed E-state index contributed by atoms with van der Waals surface area (Å²) in [5.41, 5.74) is 7.08. The Morgan fingerprint density at radius 1 is 1.61 bits per heavy atom. The van der Waals surface area contributed by atoms with Gasteiger partial charge in [-0.2, -0.15) is 0 Å². The Morgan fingerprint density at radius 3 is 3.00 bits per heavy atom. The van der Waals surface area contributed by atoms with Crippen LogP contribution in [0.1, 0.15) is 20.3 Å². The summed E-state index contributed by atoms with van der Waals surface area (Å²) in [6.45, 7) is 6.35. The molecule has 0 spiro atoms. The van der Waals surface area contributed by atoms with Crippen LogP contribution in [0.5, 0.6) is 0 Å². The number of carbonyl (C=O) groups excluding carboxylic acids is 1. The molecule has 1 fully saturated rings. The molecule has 1 saturated heterocycles. The van der Waals surface area contributed by atoms with E-state index in [0.717, 1.165) is 30.9 Å². The van der Waals surface area contributed by atoms with E-state index in [1.165, 1.54) is 0 Å². The molecule has 0 aromatic carbocycles. The fourth-order valence-corrected chi connectivity index (χ4v) is 2.28. The van der Waals surface area contributed by atoms with Gasteiger partial charge in [-0.3, -0.25) is 9.78 Å². The zero-order chi connectivity index (χ0) is 13.2.